The fraction of sp³-hybridized carbons (Fsp3) is 0. The maximum Gasteiger partial charge on any atom is 0.0993 e. The van der Waals surface area contributed by atoms with Gasteiger partial charge in [-0.1, -0.05) is 72.8 Å². The summed E-state index contributed by atoms with van der Waals surface area (Å²) >= 11 is 0. The third-order valence-corrected chi connectivity index (χ3v) is 9.83. The number of benzene rings is 7. The van der Waals surface area contributed by atoms with Crippen LogP contribution in [-0.2, 0) is 0 Å². The number of nitriles is 2. The Morgan fingerprint density at radius 1 is 0.306 bits per heavy atom. The molecule has 0 aliphatic rings. The van der Waals surface area contributed by atoms with Crippen LogP contribution in [0.2, 0.25) is 0 Å². The molecule has 10 rings (SSSR count). The van der Waals surface area contributed by atoms with Crippen molar-refractivity contribution >= 4 is 65.4 Å². The fourth-order valence-electron chi connectivity index (χ4n) is 7.80. The SMILES string of the molecule is N#Cc1cc(-n2c3ccccc3c3cc(C#N)ccc32)cc(-n2c3ccccc3c3cc4c5ccccc5n(-c5ccccc5)c4cc32)c1. The van der Waals surface area contributed by atoms with Gasteiger partial charge in [-0.25, -0.2) is 0 Å². The second-order valence-electron chi connectivity index (χ2n) is 12.5. The van der Waals surface area contributed by atoms with Gasteiger partial charge in [0.15, 0.2) is 0 Å². The van der Waals surface area contributed by atoms with E-state index in [1.165, 1.54) is 10.8 Å². The van der Waals surface area contributed by atoms with Gasteiger partial charge < -0.3 is 13.7 Å². The molecule has 0 unspecified atom stereocenters. The lowest BCUT2D eigenvalue weighted by molar-refractivity contribution is 1.13. The third kappa shape index (κ3) is 3.85. The van der Waals surface area contributed by atoms with E-state index in [-0.39, 0.29) is 0 Å². The van der Waals surface area contributed by atoms with Gasteiger partial charge in [-0.05, 0) is 78.9 Å². The summed E-state index contributed by atoms with van der Waals surface area (Å²) in [5, 5.41) is 26.8. The highest BCUT2D eigenvalue weighted by Gasteiger charge is 2.20. The Morgan fingerprint density at radius 3 is 1.31 bits per heavy atom. The average molecular weight is 624 g/mol. The molecule has 0 amide bonds. The maximum atomic E-state index is 10.4. The van der Waals surface area contributed by atoms with Crippen LogP contribution in [-0.4, -0.2) is 13.7 Å². The van der Waals surface area contributed by atoms with E-state index in [1.807, 2.05) is 48.5 Å². The summed E-state index contributed by atoms with van der Waals surface area (Å²) in [6.07, 6.45) is 0. The molecule has 10 aromatic rings. The van der Waals surface area contributed by atoms with Gasteiger partial charge in [0.05, 0.1) is 56.4 Å². The maximum absolute atomic E-state index is 10.4. The van der Waals surface area contributed by atoms with E-state index < -0.39 is 0 Å². The van der Waals surface area contributed by atoms with E-state index in [2.05, 4.69) is 129 Å². The summed E-state index contributed by atoms with van der Waals surface area (Å²) in [6.45, 7) is 0. The number of nitrogens with zero attached hydrogens (tertiary/aromatic N) is 5. The lowest BCUT2D eigenvalue weighted by Crippen LogP contribution is -2.00. The highest BCUT2D eigenvalue weighted by atomic mass is 15.0. The normalized spacial score (nSPS) is 11.6. The molecule has 3 aromatic heterocycles. The number of rotatable bonds is 3. The lowest BCUT2D eigenvalue weighted by Gasteiger charge is -2.14. The van der Waals surface area contributed by atoms with Crippen molar-refractivity contribution in [3.8, 4) is 29.2 Å². The van der Waals surface area contributed by atoms with Crippen molar-refractivity contribution in [2.45, 2.75) is 0 Å². The van der Waals surface area contributed by atoms with Crippen molar-refractivity contribution in [1.29, 1.82) is 10.5 Å². The minimum Gasteiger partial charge on any atom is -0.309 e. The Labute approximate surface area is 280 Å². The van der Waals surface area contributed by atoms with E-state index in [0.29, 0.717) is 11.1 Å². The van der Waals surface area contributed by atoms with Gasteiger partial charge in [-0.3, -0.25) is 0 Å². The standard InChI is InChI=1S/C44H25N5/c45-26-28-18-19-42-36(22-28)33-12-4-8-16-40(33)48(42)31-20-29(27-46)21-32(23-31)49-41-17-9-6-14-35(41)38-24-37-34-13-5-7-15-39(34)47(43(37)25-44(38)49)30-10-2-1-3-11-30/h1-25H. The van der Waals surface area contributed by atoms with Crippen LogP contribution in [0.4, 0.5) is 0 Å². The van der Waals surface area contributed by atoms with E-state index in [4.69, 9.17) is 0 Å². The average Bonchev–Trinajstić information content (AvgIpc) is 3.79. The first-order valence-electron chi connectivity index (χ1n) is 16.2. The topological polar surface area (TPSA) is 62.4 Å². The second kappa shape index (κ2) is 10.2. The molecule has 0 spiro atoms. The summed E-state index contributed by atoms with van der Waals surface area (Å²) in [6, 6.07) is 57.2. The Balaban J connectivity index is 1.32. The van der Waals surface area contributed by atoms with Gasteiger partial charge in [0.25, 0.3) is 0 Å². The summed E-state index contributed by atoms with van der Waals surface area (Å²) in [4.78, 5) is 0. The van der Waals surface area contributed by atoms with Crippen LogP contribution in [0, 0.1) is 22.7 Å². The molecular weight excluding hydrogens is 599 g/mol. The fourth-order valence-corrected chi connectivity index (χ4v) is 7.80. The Morgan fingerprint density at radius 2 is 0.755 bits per heavy atom. The Kier molecular flexibility index (Phi) is 5.64. The highest BCUT2D eigenvalue weighted by Crippen LogP contribution is 2.40. The van der Waals surface area contributed by atoms with Crippen molar-refractivity contribution in [2.24, 2.45) is 0 Å². The number of aromatic nitrogens is 3. The third-order valence-electron chi connectivity index (χ3n) is 9.83. The molecule has 5 nitrogen and oxygen atoms in total. The van der Waals surface area contributed by atoms with Gasteiger partial charge in [-0.2, -0.15) is 10.5 Å². The Bertz CT molecular complexity index is 3070. The molecule has 0 radical (unpaired) electrons. The van der Waals surface area contributed by atoms with Crippen LogP contribution in [0.25, 0.3) is 82.5 Å². The van der Waals surface area contributed by atoms with Crippen LogP contribution >= 0.6 is 0 Å². The van der Waals surface area contributed by atoms with Crippen LogP contribution < -0.4 is 0 Å². The lowest BCUT2D eigenvalue weighted by atomic mass is 10.1. The molecular formula is C44H25N5. The van der Waals surface area contributed by atoms with Crippen LogP contribution in [0.5, 0.6) is 0 Å². The zero-order valence-corrected chi connectivity index (χ0v) is 26.2. The molecule has 0 saturated carbocycles. The van der Waals surface area contributed by atoms with E-state index >= 15 is 0 Å². The molecule has 226 valence electrons. The van der Waals surface area contributed by atoms with Crippen LogP contribution in [0.15, 0.2) is 152 Å². The highest BCUT2D eigenvalue weighted by molar-refractivity contribution is 6.19. The smallest absolute Gasteiger partial charge is 0.0993 e. The number of para-hydroxylation sites is 4. The minimum absolute atomic E-state index is 0.567. The van der Waals surface area contributed by atoms with Crippen molar-refractivity contribution in [2.75, 3.05) is 0 Å². The summed E-state index contributed by atoms with van der Waals surface area (Å²) < 4.78 is 6.84. The summed E-state index contributed by atoms with van der Waals surface area (Å²) in [5.74, 6) is 0. The molecule has 0 atom stereocenters. The number of hydrogen-bond acceptors (Lipinski definition) is 2. The monoisotopic (exact) mass is 623 g/mol. The molecule has 5 heteroatoms. The van der Waals surface area contributed by atoms with Crippen molar-refractivity contribution in [3.63, 3.8) is 0 Å². The van der Waals surface area contributed by atoms with Gasteiger partial charge in [0, 0.05) is 49.4 Å². The van der Waals surface area contributed by atoms with Crippen LogP contribution in [0.1, 0.15) is 11.1 Å². The number of hydrogen-bond donors (Lipinski definition) is 0. The first kappa shape index (κ1) is 27.1. The zero-order chi connectivity index (χ0) is 32.6. The molecule has 0 fully saturated rings. The second-order valence-corrected chi connectivity index (χ2v) is 12.5. The Hall–Kier alpha value is -7.08. The molecule has 0 bridgehead atoms. The van der Waals surface area contributed by atoms with E-state index in [9.17, 15) is 10.5 Å². The van der Waals surface area contributed by atoms with E-state index in [0.717, 1.165) is 71.7 Å². The van der Waals surface area contributed by atoms with Crippen LogP contribution in [0.3, 0.4) is 0 Å². The molecule has 0 saturated heterocycles. The summed E-state index contributed by atoms with van der Waals surface area (Å²) in [5.41, 5.74) is 10.5. The molecule has 0 aliphatic carbocycles. The summed E-state index contributed by atoms with van der Waals surface area (Å²) in [7, 11) is 0. The van der Waals surface area contributed by atoms with Gasteiger partial charge in [-0.15, -0.1) is 0 Å². The zero-order valence-electron chi connectivity index (χ0n) is 26.2. The van der Waals surface area contributed by atoms with Crippen molar-refractivity contribution in [1.82, 2.24) is 13.7 Å². The molecule has 3 heterocycles. The molecule has 0 N–H and O–H groups in total. The van der Waals surface area contributed by atoms with Gasteiger partial charge >= 0.3 is 0 Å². The van der Waals surface area contributed by atoms with Gasteiger partial charge in [0.1, 0.15) is 0 Å². The van der Waals surface area contributed by atoms with Crippen molar-refractivity contribution in [3.05, 3.63) is 163 Å². The van der Waals surface area contributed by atoms with Gasteiger partial charge in [0.2, 0.25) is 0 Å². The molecule has 7 aromatic carbocycles. The first-order valence-corrected chi connectivity index (χ1v) is 16.2. The largest absolute Gasteiger partial charge is 0.309 e. The quantitative estimate of drug-likeness (QED) is 0.197. The minimum atomic E-state index is 0.567. The van der Waals surface area contributed by atoms with Crippen molar-refractivity contribution < 1.29 is 0 Å². The molecule has 49 heavy (non-hydrogen) atoms. The molecule has 0 aliphatic heterocycles. The first-order chi connectivity index (χ1) is 24.2. The predicted molar refractivity (Wildman–Crippen MR) is 199 cm³/mol. The van der Waals surface area contributed by atoms with E-state index in [1.54, 1.807) is 0 Å². The predicted octanol–water partition coefficient (Wildman–Crippen LogP) is 10.7. The number of fused-ring (bicyclic) bond motifs is 9.